The Balaban J connectivity index is 1.74. The molecule has 3 rings (SSSR count). The summed E-state index contributed by atoms with van der Waals surface area (Å²) in [6, 6.07) is 0. The summed E-state index contributed by atoms with van der Waals surface area (Å²) in [5.74, 6) is 1.80. The van der Waals surface area contributed by atoms with Crippen molar-refractivity contribution in [3.05, 3.63) is 11.7 Å². The fourth-order valence-electron chi connectivity index (χ4n) is 2.95. The van der Waals surface area contributed by atoms with Gasteiger partial charge in [0.1, 0.15) is 0 Å². The molecule has 2 saturated heterocycles. The van der Waals surface area contributed by atoms with Gasteiger partial charge in [0.15, 0.2) is 5.82 Å². The van der Waals surface area contributed by atoms with Crippen LogP contribution in [-0.4, -0.2) is 54.4 Å². The average molecular weight is 280 g/mol. The van der Waals surface area contributed by atoms with E-state index in [4.69, 9.17) is 9.26 Å². The standard InChI is InChI=1S/C14H24N4O2/c1-14(2,18-7-5-15-6-8-18)13-16-12(20-17-13)11-4-3-9-19-10-11/h11,15H,3-10H2,1-2H3. The van der Waals surface area contributed by atoms with Gasteiger partial charge < -0.3 is 14.6 Å². The largest absolute Gasteiger partial charge is 0.381 e. The van der Waals surface area contributed by atoms with Crippen molar-refractivity contribution in [3.8, 4) is 0 Å². The molecule has 0 amide bonds. The number of piperazine rings is 1. The lowest BCUT2D eigenvalue weighted by Crippen LogP contribution is -2.52. The Morgan fingerprint density at radius 3 is 2.80 bits per heavy atom. The molecule has 0 saturated carbocycles. The summed E-state index contributed by atoms with van der Waals surface area (Å²) in [5, 5.41) is 7.61. The summed E-state index contributed by atoms with van der Waals surface area (Å²) >= 11 is 0. The van der Waals surface area contributed by atoms with Crippen molar-refractivity contribution in [2.45, 2.75) is 38.1 Å². The summed E-state index contributed by atoms with van der Waals surface area (Å²) in [7, 11) is 0. The Hall–Kier alpha value is -0.980. The molecule has 2 aliphatic heterocycles. The number of hydrogen-bond donors (Lipinski definition) is 1. The van der Waals surface area contributed by atoms with Crippen LogP contribution in [-0.2, 0) is 10.3 Å². The first kappa shape index (κ1) is 14.0. The van der Waals surface area contributed by atoms with Crippen LogP contribution in [0.15, 0.2) is 4.52 Å². The first-order chi connectivity index (χ1) is 9.68. The number of nitrogens with one attached hydrogen (secondary N) is 1. The molecule has 0 aromatic carbocycles. The van der Waals surface area contributed by atoms with Crippen LogP contribution < -0.4 is 5.32 Å². The van der Waals surface area contributed by atoms with Gasteiger partial charge in [-0.3, -0.25) is 4.90 Å². The number of nitrogens with zero attached hydrogens (tertiary/aromatic N) is 3. The Morgan fingerprint density at radius 2 is 2.10 bits per heavy atom. The highest BCUT2D eigenvalue weighted by atomic mass is 16.5. The van der Waals surface area contributed by atoms with Crippen molar-refractivity contribution < 1.29 is 9.26 Å². The lowest BCUT2D eigenvalue weighted by molar-refractivity contribution is 0.0704. The van der Waals surface area contributed by atoms with Crippen LogP contribution in [0.2, 0.25) is 0 Å². The summed E-state index contributed by atoms with van der Waals surface area (Å²) < 4.78 is 11.0. The van der Waals surface area contributed by atoms with Gasteiger partial charge in [0.2, 0.25) is 5.89 Å². The maximum atomic E-state index is 5.50. The van der Waals surface area contributed by atoms with Gasteiger partial charge >= 0.3 is 0 Å². The van der Waals surface area contributed by atoms with Crippen LogP contribution in [0.3, 0.4) is 0 Å². The molecule has 0 spiro atoms. The summed E-state index contributed by atoms with van der Waals surface area (Å²) in [4.78, 5) is 7.07. The molecule has 3 heterocycles. The Bertz CT molecular complexity index is 434. The average Bonchev–Trinajstić information content (AvgIpc) is 3.00. The third-order valence-corrected chi connectivity index (χ3v) is 4.41. The van der Waals surface area contributed by atoms with Crippen LogP contribution >= 0.6 is 0 Å². The number of rotatable bonds is 3. The fourth-order valence-corrected chi connectivity index (χ4v) is 2.95. The topological polar surface area (TPSA) is 63.4 Å². The van der Waals surface area contributed by atoms with Crippen LogP contribution in [0.1, 0.15) is 44.3 Å². The molecule has 20 heavy (non-hydrogen) atoms. The van der Waals surface area contributed by atoms with Crippen LogP contribution in [0.25, 0.3) is 0 Å². The predicted molar refractivity (Wildman–Crippen MR) is 74.6 cm³/mol. The van der Waals surface area contributed by atoms with Crippen LogP contribution in [0.4, 0.5) is 0 Å². The van der Waals surface area contributed by atoms with E-state index in [0.717, 1.165) is 57.3 Å². The van der Waals surface area contributed by atoms with Gasteiger partial charge in [0.25, 0.3) is 0 Å². The number of aromatic nitrogens is 2. The zero-order valence-electron chi connectivity index (χ0n) is 12.4. The third kappa shape index (κ3) is 2.73. The van der Waals surface area contributed by atoms with Gasteiger partial charge in [0, 0.05) is 32.8 Å². The highest BCUT2D eigenvalue weighted by Gasteiger charge is 2.35. The smallest absolute Gasteiger partial charge is 0.232 e. The molecule has 112 valence electrons. The van der Waals surface area contributed by atoms with E-state index < -0.39 is 0 Å². The molecule has 1 aromatic heterocycles. The molecule has 0 aliphatic carbocycles. The second-order valence-electron chi connectivity index (χ2n) is 6.17. The van der Waals surface area contributed by atoms with Crippen LogP contribution in [0, 0.1) is 0 Å². The van der Waals surface area contributed by atoms with Gasteiger partial charge in [0.05, 0.1) is 18.1 Å². The molecular weight excluding hydrogens is 256 g/mol. The van der Waals surface area contributed by atoms with E-state index in [2.05, 4.69) is 34.2 Å². The lowest BCUT2D eigenvalue weighted by atomic mass is 10.00. The van der Waals surface area contributed by atoms with Crippen LogP contribution in [0.5, 0.6) is 0 Å². The quantitative estimate of drug-likeness (QED) is 0.894. The summed E-state index contributed by atoms with van der Waals surface area (Å²) in [6.07, 6.45) is 2.15. The molecule has 0 bridgehead atoms. The molecule has 2 aliphatic rings. The highest BCUT2D eigenvalue weighted by Crippen LogP contribution is 2.29. The lowest BCUT2D eigenvalue weighted by Gasteiger charge is -2.38. The zero-order valence-corrected chi connectivity index (χ0v) is 12.4. The summed E-state index contributed by atoms with van der Waals surface area (Å²) in [6.45, 7) is 9.97. The van der Waals surface area contributed by atoms with E-state index in [1.807, 2.05) is 0 Å². The molecule has 6 heteroatoms. The van der Waals surface area contributed by atoms with Crippen molar-refractivity contribution in [1.82, 2.24) is 20.4 Å². The summed E-state index contributed by atoms with van der Waals surface area (Å²) in [5.41, 5.74) is -0.181. The zero-order chi connectivity index (χ0) is 14.0. The van der Waals surface area contributed by atoms with Crippen molar-refractivity contribution >= 4 is 0 Å². The molecule has 6 nitrogen and oxygen atoms in total. The molecule has 1 N–H and O–H groups in total. The number of ether oxygens (including phenoxy) is 1. The monoisotopic (exact) mass is 280 g/mol. The van der Waals surface area contributed by atoms with Gasteiger partial charge in [-0.2, -0.15) is 4.98 Å². The van der Waals surface area contributed by atoms with Gasteiger partial charge in [-0.25, -0.2) is 0 Å². The second kappa shape index (κ2) is 5.79. The molecule has 2 fully saturated rings. The van der Waals surface area contributed by atoms with Gasteiger partial charge in [-0.05, 0) is 26.7 Å². The Labute approximate surface area is 119 Å². The van der Waals surface area contributed by atoms with E-state index in [1.54, 1.807) is 0 Å². The normalized spacial score (nSPS) is 25.8. The fraction of sp³-hybridized carbons (Fsp3) is 0.857. The Kier molecular flexibility index (Phi) is 4.05. The third-order valence-electron chi connectivity index (χ3n) is 4.41. The number of hydrogen-bond acceptors (Lipinski definition) is 6. The van der Waals surface area contributed by atoms with Crippen molar-refractivity contribution in [2.24, 2.45) is 0 Å². The SMILES string of the molecule is CC(C)(c1noc(C2CCCOC2)n1)N1CCNCC1. The van der Waals surface area contributed by atoms with E-state index >= 15 is 0 Å². The maximum absolute atomic E-state index is 5.50. The molecular formula is C14H24N4O2. The molecule has 1 aromatic rings. The molecule has 1 unspecified atom stereocenters. The minimum absolute atomic E-state index is 0.181. The second-order valence-corrected chi connectivity index (χ2v) is 6.17. The van der Waals surface area contributed by atoms with E-state index in [-0.39, 0.29) is 11.5 Å². The first-order valence-electron chi connectivity index (χ1n) is 7.55. The van der Waals surface area contributed by atoms with E-state index in [1.165, 1.54) is 0 Å². The molecule has 1 atom stereocenters. The van der Waals surface area contributed by atoms with E-state index in [9.17, 15) is 0 Å². The van der Waals surface area contributed by atoms with Crippen molar-refractivity contribution in [3.63, 3.8) is 0 Å². The van der Waals surface area contributed by atoms with Crippen molar-refractivity contribution in [1.29, 1.82) is 0 Å². The first-order valence-corrected chi connectivity index (χ1v) is 7.55. The maximum Gasteiger partial charge on any atom is 0.232 e. The Morgan fingerprint density at radius 1 is 1.30 bits per heavy atom. The van der Waals surface area contributed by atoms with Crippen molar-refractivity contribution in [2.75, 3.05) is 39.4 Å². The highest BCUT2D eigenvalue weighted by molar-refractivity contribution is 5.05. The van der Waals surface area contributed by atoms with Gasteiger partial charge in [-0.1, -0.05) is 5.16 Å². The van der Waals surface area contributed by atoms with Gasteiger partial charge in [-0.15, -0.1) is 0 Å². The minimum atomic E-state index is -0.181. The molecule has 0 radical (unpaired) electrons. The van der Waals surface area contributed by atoms with E-state index in [0.29, 0.717) is 6.61 Å². The predicted octanol–water partition coefficient (Wildman–Crippen LogP) is 1.10. The minimum Gasteiger partial charge on any atom is -0.381 e.